The molecule has 0 saturated heterocycles. The van der Waals surface area contributed by atoms with Crippen LogP contribution in [0.25, 0.3) is 10.7 Å². The number of amides is 1. The Bertz CT molecular complexity index is 920. The summed E-state index contributed by atoms with van der Waals surface area (Å²) in [5, 5.41) is 12.3. The van der Waals surface area contributed by atoms with Crippen LogP contribution in [0.4, 0.5) is 0 Å². The Morgan fingerprint density at radius 3 is 2.74 bits per heavy atom. The van der Waals surface area contributed by atoms with E-state index in [2.05, 4.69) is 20.8 Å². The second-order valence-electron chi connectivity index (χ2n) is 6.55. The zero-order valence-corrected chi connectivity index (χ0v) is 17.2. The van der Waals surface area contributed by atoms with Crippen LogP contribution in [0, 0.1) is 0 Å². The van der Waals surface area contributed by atoms with E-state index in [4.69, 9.17) is 11.6 Å². The van der Waals surface area contributed by atoms with Crippen LogP contribution in [0.15, 0.2) is 46.9 Å². The SMILES string of the molecule is CN(Cc1ccc(Cl)cc1)C(=O)CSc1nnc(-c2cccs2)n1C1CC1. The molecule has 0 unspecified atom stereocenters. The summed E-state index contributed by atoms with van der Waals surface area (Å²) in [4.78, 5) is 15.4. The van der Waals surface area contributed by atoms with Gasteiger partial charge in [-0.25, -0.2) is 0 Å². The van der Waals surface area contributed by atoms with Gasteiger partial charge in [0.15, 0.2) is 11.0 Å². The van der Waals surface area contributed by atoms with Crippen molar-refractivity contribution in [2.24, 2.45) is 0 Å². The van der Waals surface area contributed by atoms with Crippen molar-refractivity contribution in [3.63, 3.8) is 0 Å². The van der Waals surface area contributed by atoms with Crippen LogP contribution >= 0.6 is 34.7 Å². The number of rotatable bonds is 7. The smallest absolute Gasteiger partial charge is 0.233 e. The predicted octanol–water partition coefficient (Wildman–Crippen LogP) is 4.75. The molecule has 140 valence electrons. The van der Waals surface area contributed by atoms with E-state index in [9.17, 15) is 4.79 Å². The number of benzene rings is 1. The number of thiophene rings is 1. The lowest BCUT2D eigenvalue weighted by Gasteiger charge is -2.17. The molecule has 0 aliphatic heterocycles. The normalized spacial score (nSPS) is 13.7. The van der Waals surface area contributed by atoms with Gasteiger partial charge in [-0.15, -0.1) is 21.5 Å². The van der Waals surface area contributed by atoms with Gasteiger partial charge in [0.2, 0.25) is 5.91 Å². The fourth-order valence-corrected chi connectivity index (χ4v) is 4.58. The molecular weight excluding hydrogens is 400 g/mol. The molecule has 1 aliphatic rings. The van der Waals surface area contributed by atoms with Crippen molar-refractivity contribution in [1.82, 2.24) is 19.7 Å². The summed E-state index contributed by atoms with van der Waals surface area (Å²) in [6.07, 6.45) is 2.29. The second kappa shape index (κ2) is 8.04. The van der Waals surface area contributed by atoms with Crippen LogP contribution in [-0.4, -0.2) is 38.4 Å². The van der Waals surface area contributed by atoms with Crippen LogP contribution in [-0.2, 0) is 11.3 Å². The van der Waals surface area contributed by atoms with E-state index < -0.39 is 0 Å². The first-order chi connectivity index (χ1) is 13.1. The highest BCUT2D eigenvalue weighted by molar-refractivity contribution is 7.99. The summed E-state index contributed by atoms with van der Waals surface area (Å²) in [6.45, 7) is 0.562. The van der Waals surface area contributed by atoms with Crippen molar-refractivity contribution in [1.29, 1.82) is 0 Å². The van der Waals surface area contributed by atoms with Gasteiger partial charge in [0.05, 0.1) is 10.6 Å². The van der Waals surface area contributed by atoms with Crippen molar-refractivity contribution in [2.45, 2.75) is 30.6 Å². The molecule has 0 spiro atoms. The van der Waals surface area contributed by atoms with Gasteiger partial charge in [-0.05, 0) is 42.0 Å². The Morgan fingerprint density at radius 1 is 1.30 bits per heavy atom. The predicted molar refractivity (Wildman–Crippen MR) is 110 cm³/mol. The van der Waals surface area contributed by atoms with Gasteiger partial charge in [-0.1, -0.05) is 41.6 Å². The first kappa shape index (κ1) is 18.5. The standard InChI is InChI=1S/C19H19ClN4OS2/c1-23(11-13-4-6-14(20)7-5-13)17(25)12-27-19-22-21-18(16-3-2-10-26-16)24(19)15-8-9-15/h2-7,10,15H,8-9,11-12H2,1H3. The maximum Gasteiger partial charge on any atom is 0.233 e. The van der Waals surface area contributed by atoms with Gasteiger partial charge in [-0.2, -0.15) is 0 Å². The van der Waals surface area contributed by atoms with Gasteiger partial charge in [0.1, 0.15) is 0 Å². The molecule has 3 aromatic rings. The molecule has 1 saturated carbocycles. The Morgan fingerprint density at radius 2 is 2.07 bits per heavy atom. The molecule has 1 aliphatic carbocycles. The molecule has 2 aromatic heterocycles. The van der Waals surface area contributed by atoms with E-state index in [0.717, 1.165) is 34.3 Å². The third-order valence-corrected chi connectivity index (χ3v) is 6.45. The van der Waals surface area contributed by atoms with Crippen LogP contribution < -0.4 is 0 Å². The Kier molecular flexibility index (Phi) is 5.52. The van der Waals surface area contributed by atoms with E-state index in [0.29, 0.717) is 23.4 Å². The highest BCUT2D eigenvalue weighted by Crippen LogP contribution is 2.41. The van der Waals surface area contributed by atoms with Crippen molar-refractivity contribution in [2.75, 3.05) is 12.8 Å². The number of thioether (sulfide) groups is 1. The molecule has 2 heterocycles. The van der Waals surface area contributed by atoms with Crippen LogP contribution in [0.5, 0.6) is 0 Å². The summed E-state index contributed by atoms with van der Waals surface area (Å²) < 4.78 is 2.20. The van der Waals surface area contributed by atoms with Crippen LogP contribution in [0.1, 0.15) is 24.4 Å². The number of aromatic nitrogens is 3. The Hall–Kier alpha value is -1.83. The van der Waals surface area contributed by atoms with E-state index in [1.807, 2.05) is 42.8 Å². The number of hydrogen-bond donors (Lipinski definition) is 0. The maximum atomic E-state index is 12.5. The molecular formula is C19H19ClN4OS2. The fraction of sp³-hybridized carbons (Fsp3) is 0.316. The zero-order valence-electron chi connectivity index (χ0n) is 14.8. The zero-order chi connectivity index (χ0) is 18.8. The number of nitrogens with zero attached hydrogens (tertiary/aromatic N) is 4. The van der Waals surface area contributed by atoms with Crippen LogP contribution in [0.2, 0.25) is 5.02 Å². The molecule has 0 atom stereocenters. The second-order valence-corrected chi connectivity index (χ2v) is 8.88. The average Bonchev–Trinajstić information content (AvgIpc) is 3.19. The number of hydrogen-bond acceptors (Lipinski definition) is 5. The molecule has 27 heavy (non-hydrogen) atoms. The lowest BCUT2D eigenvalue weighted by Crippen LogP contribution is -2.27. The van der Waals surface area contributed by atoms with Gasteiger partial charge >= 0.3 is 0 Å². The van der Waals surface area contributed by atoms with E-state index >= 15 is 0 Å². The van der Waals surface area contributed by atoms with E-state index in [-0.39, 0.29) is 5.91 Å². The van der Waals surface area contributed by atoms with Gasteiger partial charge in [-0.3, -0.25) is 9.36 Å². The average molecular weight is 419 g/mol. The largest absolute Gasteiger partial charge is 0.341 e. The lowest BCUT2D eigenvalue weighted by molar-refractivity contribution is -0.127. The Labute approximate surface area is 171 Å². The molecule has 0 N–H and O–H groups in total. The summed E-state index contributed by atoms with van der Waals surface area (Å²) in [7, 11) is 1.82. The molecule has 1 aromatic carbocycles. The fourth-order valence-electron chi connectivity index (χ4n) is 2.80. The third kappa shape index (κ3) is 4.36. The molecule has 1 amide bonds. The first-order valence-electron chi connectivity index (χ1n) is 8.72. The molecule has 5 nitrogen and oxygen atoms in total. The summed E-state index contributed by atoms with van der Waals surface area (Å²) >= 11 is 9.04. The molecule has 1 fully saturated rings. The molecule has 8 heteroatoms. The quantitative estimate of drug-likeness (QED) is 0.520. The van der Waals surface area contributed by atoms with Crippen LogP contribution in [0.3, 0.4) is 0 Å². The summed E-state index contributed by atoms with van der Waals surface area (Å²) in [5.74, 6) is 1.33. The van der Waals surface area contributed by atoms with Gasteiger partial charge in [0.25, 0.3) is 0 Å². The highest BCUT2D eigenvalue weighted by Gasteiger charge is 2.30. The maximum absolute atomic E-state index is 12.5. The summed E-state index contributed by atoms with van der Waals surface area (Å²) in [6, 6.07) is 12.1. The van der Waals surface area contributed by atoms with Crippen molar-refractivity contribution in [3.8, 4) is 10.7 Å². The topological polar surface area (TPSA) is 51.0 Å². The number of carbonyl (C=O) groups is 1. The van der Waals surface area contributed by atoms with Crippen molar-refractivity contribution in [3.05, 3.63) is 52.4 Å². The molecule has 4 rings (SSSR count). The van der Waals surface area contributed by atoms with Crippen molar-refractivity contribution < 1.29 is 4.79 Å². The molecule has 0 radical (unpaired) electrons. The lowest BCUT2D eigenvalue weighted by atomic mass is 10.2. The van der Waals surface area contributed by atoms with Crippen molar-refractivity contribution >= 4 is 40.6 Å². The third-order valence-electron chi connectivity index (χ3n) is 4.40. The minimum atomic E-state index is 0.0676. The first-order valence-corrected chi connectivity index (χ1v) is 11.0. The number of carbonyl (C=O) groups excluding carboxylic acids is 1. The minimum Gasteiger partial charge on any atom is -0.341 e. The minimum absolute atomic E-state index is 0.0676. The number of halogens is 1. The monoisotopic (exact) mass is 418 g/mol. The Balaban J connectivity index is 1.41. The van der Waals surface area contributed by atoms with Gasteiger partial charge in [0, 0.05) is 24.7 Å². The molecule has 0 bridgehead atoms. The van der Waals surface area contributed by atoms with Gasteiger partial charge < -0.3 is 4.90 Å². The van der Waals surface area contributed by atoms with E-state index in [1.165, 1.54) is 11.8 Å². The summed E-state index contributed by atoms with van der Waals surface area (Å²) in [5.41, 5.74) is 1.06. The van der Waals surface area contributed by atoms with E-state index in [1.54, 1.807) is 16.2 Å². The highest BCUT2D eigenvalue weighted by atomic mass is 35.5.